The molecule has 30 heavy (non-hydrogen) atoms. The number of hydrogen-bond donors (Lipinski definition) is 2. The van der Waals surface area contributed by atoms with E-state index < -0.39 is 28.9 Å². The summed E-state index contributed by atoms with van der Waals surface area (Å²) in [5.74, 6) is -1.28. The van der Waals surface area contributed by atoms with Crippen LogP contribution in [0.15, 0.2) is 54.6 Å². The molecule has 0 aliphatic rings. The SMILES string of the molecule is C[C@H](NC(=O)CNC(=O)OCc1ccccc1)C(=O)OCc1ccc([N+](=O)[O-])cc1. The molecule has 0 unspecified atom stereocenters. The van der Waals surface area contributed by atoms with Gasteiger partial charge in [-0.15, -0.1) is 0 Å². The van der Waals surface area contributed by atoms with Crippen molar-refractivity contribution in [3.8, 4) is 0 Å². The van der Waals surface area contributed by atoms with Gasteiger partial charge in [-0.1, -0.05) is 30.3 Å². The molecule has 0 heterocycles. The van der Waals surface area contributed by atoms with E-state index in [0.29, 0.717) is 5.56 Å². The number of benzene rings is 2. The highest BCUT2D eigenvalue weighted by atomic mass is 16.6. The monoisotopic (exact) mass is 415 g/mol. The summed E-state index contributed by atoms with van der Waals surface area (Å²) in [5, 5.41) is 15.3. The maximum Gasteiger partial charge on any atom is 0.407 e. The third-order valence-electron chi connectivity index (χ3n) is 3.87. The third-order valence-corrected chi connectivity index (χ3v) is 3.87. The first kappa shape index (κ1) is 22.3. The van der Waals surface area contributed by atoms with Gasteiger partial charge in [-0.25, -0.2) is 9.59 Å². The van der Waals surface area contributed by atoms with Gasteiger partial charge in [-0.05, 0) is 30.2 Å². The lowest BCUT2D eigenvalue weighted by Crippen LogP contribution is -2.44. The molecule has 0 aliphatic carbocycles. The zero-order chi connectivity index (χ0) is 21.9. The number of esters is 1. The molecule has 0 saturated carbocycles. The van der Waals surface area contributed by atoms with Crippen molar-refractivity contribution in [2.24, 2.45) is 0 Å². The molecule has 2 N–H and O–H groups in total. The van der Waals surface area contributed by atoms with Crippen molar-refractivity contribution in [1.82, 2.24) is 10.6 Å². The van der Waals surface area contributed by atoms with Crippen molar-refractivity contribution in [3.63, 3.8) is 0 Å². The Labute approximate surface area is 172 Å². The molecule has 2 aromatic rings. The number of non-ortho nitro benzene ring substituents is 1. The number of rotatable bonds is 9. The average molecular weight is 415 g/mol. The average Bonchev–Trinajstić information content (AvgIpc) is 2.75. The van der Waals surface area contributed by atoms with E-state index >= 15 is 0 Å². The first-order valence-electron chi connectivity index (χ1n) is 8.99. The predicted octanol–water partition coefficient (Wildman–Crippen LogP) is 2.07. The Hall–Kier alpha value is -3.95. The van der Waals surface area contributed by atoms with E-state index in [2.05, 4.69) is 10.6 Å². The molecular formula is C20H21N3O7. The number of carbonyl (C=O) groups is 3. The second-order valence-corrected chi connectivity index (χ2v) is 6.24. The highest BCUT2D eigenvalue weighted by Crippen LogP contribution is 2.12. The molecule has 0 saturated heterocycles. The van der Waals surface area contributed by atoms with Crippen molar-refractivity contribution < 1.29 is 28.8 Å². The molecule has 2 aromatic carbocycles. The summed E-state index contributed by atoms with van der Waals surface area (Å²) in [4.78, 5) is 45.5. The lowest BCUT2D eigenvalue weighted by molar-refractivity contribution is -0.384. The van der Waals surface area contributed by atoms with Crippen LogP contribution in [0.4, 0.5) is 10.5 Å². The lowest BCUT2D eigenvalue weighted by Gasteiger charge is -2.14. The fourth-order valence-electron chi connectivity index (χ4n) is 2.27. The second kappa shape index (κ2) is 11.1. The molecule has 2 rings (SSSR count). The van der Waals surface area contributed by atoms with Crippen molar-refractivity contribution in [2.75, 3.05) is 6.54 Å². The van der Waals surface area contributed by atoms with E-state index in [1.54, 1.807) is 12.1 Å². The van der Waals surface area contributed by atoms with Crippen LogP contribution in [-0.2, 0) is 32.3 Å². The summed E-state index contributed by atoms with van der Waals surface area (Å²) in [6.07, 6.45) is -0.762. The number of nitro groups is 1. The van der Waals surface area contributed by atoms with Crippen LogP contribution in [-0.4, -0.2) is 35.5 Å². The standard InChI is InChI=1S/C20H21N3O7/c1-14(19(25)29-12-16-7-9-17(10-8-16)23(27)28)22-18(24)11-21-20(26)30-13-15-5-3-2-4-6-15/h2-10,14H,11-13H2,1H3,(H,21,26)(H,22,24)/t14-/m0/s1. The third kappa shape index (κ3) is 7.58. The van der Waals surface area contributed by atoms with Crippen LogP contribution in [0.2, 0.25) is 0 Å². The maximum atomic E-state index is 12.0. The van der Waals surface area contributed by atoms with Gasteiger partial charge in [0.1, 0.15) is 25.8 Å². The first-order chi connectivity index (χ1) is 14.3. The van der Waals surface area contributed by atoms with Gasteiger partial charge in [-0.3, -0.25) is 14.9 Å². The van der Waals surface area contributed by atoms with E-state index in [-0.39, 0.29) is 25.4 Å². The van der Waals surface area contributed by atoms with Crippen molar-refractivity contribution in [1.29, 1.82) is 0 Å². The molecule has 0 fully saturated rings. The summed E-state index contributed by atoms with van der Waals surface area (Å²) >= 11 is 0. The van der Waals surface area contributed by atoms with E-state index in [1.165, 1.54) is 31.2 Å². The summed E-state index contributed by atoms with van der Waals surface area (Å²) in [7, 11) is 0. The number of amides is 2. The highest BCUT2D eigenvalue weighted by molar-refractivity contribution is 5.87. The minimum Gasteiger partial charge on any atom is -0.459 e. The van der Waals surface area contributed by atoms with E-state index in [1.807, 2.05) is 18.2 Å². The molecule has 158 valence electrons. The van der Waals surface area contributed by atoms with Crippen LogP contribution in [0.3, 0.4) is 0 Å². The summed E-state index contributed by atoms with van der Waals surface area (Å²) in [5.41, 5.74) is 1.30. The topological polar surface area (TPSA) is 137 Å². The number of ether oxygens (including phenoxy) is 2. The Kier molecular flexibility index (Phi) is 8.30. The van der Waals surface area contributed by atoms with E-state index in [4.69, 9.17) is 9.47 Å². The molecule has 0 bridgehead atoms. The number of nitrogens with zero attached hydrogens (tertiary/aromatic N) is 1. The Bertz CT molecular complexity index is 885. The number of alkyl carbamates (subject to hydrolysis) is 1. The van der Waals surface area contributed by atoms with Gasteiger partial charge in [-0.2, -0.15) is 0 Å². The second-order valence-electron chi connectivity index (χ2n) is 6.24. The summed E-state index contributed by atoms with van der Waals surface area (Å²) in [6.45, 7) is 1.04. The number of nitro benzene ring substituents is 1. The number of hydrogen-bond acceptors (Lipinski definition) is 7. The zero-order valence-electron chi connectivity index (χ0n) is 16.2. The van der Waals surface area contributed by atoms with Gasteiger partial charge in [0.05, 0.1) is 4.92 Å². The summed E-state index contributed by atoms with van der Waals surface area (Å²) < 4.78 is 10.0. The molecule has 2 amide bonds. The molecule has 0 aromatic heterocycles. The molecule has 0 spiro atoms. The smallest absolute Gasteiger partial charge is 0.407 e. The minimum absolute atomic E-state index is 0.0690. The Morgan fingerprint density at radius 2 is 1.57 bits per heavy atom. The number of nitrogens with one attached hydrogen (secondary N) is 2. The molecular weight excluding hydrogens is 394 g/mol. The van der Waals surface area contributed by atoms with Crippen molar-refractivity contribution in [3.05, 3.63) is 75.8 Å². The zero-order valence-corrected chi connectivity index (χ0v) is 16.2. The summed E-state index contributed by atoms with van der Waals surface area (Å²) in [6, 6.07) is 13.7. The van der Waals surface area contributed by atoms with Gasteiger partial charge >= 0.3 is 12.1 Å². The van der Waals surface area contributed by atoms with Gasteiger partial charge < -0.3 is 20.1 Å². The van der Waals surface area contributed by atoms with Gasteiger partial charge in [0.15, 0.2) is 0 Å². The predicted molar refractivity (Wildman–Crippen MR) is 105 cm³/mol. The Morgan fingerprint density at radius 3 is 2.20 bits per heavy atom. The minimum atomic E-state index is -0.947. The van der Waals surface area contributed by atoms with Crippen molar-refractivity contribution >= 4 is 23.7 Å². The first-order valence-corrected chi connectivity index (χ1v) is 8.99. The van der Waals surface area contributed by atoms with Gasteiger partial charge in [0.25, 0.3) is 5.69 Å². The Balaban J connectivity index is 1.66. The molecule has 0 radical (unpaired) electrons. The largest absolute Gasteiger partial charge is 0.459 e. The number of carbonyl (C=O) groups excluding carboxylic acids is 3. The molecule has 0 aliphatic heterocycles. The fraction of sp³-hybridized carbons (Fsp3) is 0.250. The normalized spacial score (nSPS) is 11.1. The van der Waals surface area contributed by atoms with Crippen LogP contribution in [0.25, 0.3) is 0 Å². The molecule has 10 nitrogen and oxygen atoms in total. The van der Waals surface area contributed by atoms with E-state index in [0.717, 1.165) is 5.56 Å². The van der Waals surface area contributed by atoms with Crippen LogP contribution in [0, 0.1) is 10.1 Å². The highest BCUT2D eigenvalue weighted by Gasteiger charge is 2.18. The quantitative estimate of drug-likeness (QED) is 0.363. The van der Waals surface area contributed by atoms with Crippen LogP contribution >= 0.6 is 0 Å². The van der Waals surface area contributed by atoms with Crippen LogP contribution < -0.4 is 10.6 Å². The van der Waals surface area contributed by atoms with Crippen molar-refractivity contribution in [2.45, 2.75) is 26.2 Å². The fourth-order valence-corrected chi connectivity index (χ4v) is 2.27. The Morgan fingerprint density at radius 1 is 0.967 bits per heavy atom. The lowest BCUT2D eigenvalue weighted by atomic mass is 10.2. The van der Waals surface area contributed by atoms with Crippen LogP contribution in [0.5, 0.6) is 0 Å². The molecule has 1 atom stereocenters. The van der Waals surface area contributed by atoms with Gasteiger partial charge in [0.2, 0.25) is 5.91 Å². The van der Waals surface area contributed by atoms with Crippen LogP contribution in [0.1, 0.15) is 18.1 Å². The molecule has 10 heteroatoms. The maximum absolute atomic E-state index is 12.0. The van der Waals surface area contributed by atoms with E-state index in [9.17, 15) is 24.5 Å². The van der Waals surface area contributed by atoms with Gasteiger partial charge in [0, 0.05) is 12.1 Å².